The molecule has 3 aromatic rings. The van der Waals surface area contributed by atoms with Gasteiger partial charge in [-0.2, -0.15) is 11.8 Å². The van der Waals surface area contributed by atoms with Gasteiger partial charge in [-0.05, 0) is 26.2 Å². The van der Waals surface area contributed by atoms with Gasteiger partial charge in [0.05, 0.1) is 23.1 Å². The SMILES string of the molecule is CSC(C)(C)Cn1c(CCl)nc2cnc3ccccc3c21. The quantitative estimate of drug-likeness (QED) is 0.665. The predicted molar refractivity (Wildman–Crippen MR) is 92.2 cm³/mol. The van der Waals surface area contributed by atoms with E-state index in [1.54, 1.807) is 0 Å². The number of alkyl halides is 1. The molecule has 0 aliphatic rings. The Balaban J connectivity index is 2.31. The van der Waals surface area contributed by atoms with Gasteiger partial charge in [0.1, 0.15) is 11.3 Å². The number of thioether (sulfide) groups is 1. The van der Waals surface area contributed by atoms with Gasteiger partial charge in [0.25, 0.3) is 0 Å². The van der Waals surface area contributed by atoms with Gasteiger partial charge < -0.3 is 4.57 Å². The van der Waals surface area contributed by atoms with Crippen LogP contribution in [0.25, 0.3) is 21.9 Å². The largest absolute Gasteiger partial charge is 0.325 e. The number of benzene rings is 1. The molecule has 0 spiro atoms. The molecule has 21 heavy (non-hydrogen) atoms. The second kappa shape index (κ2) is 5.50. The van der Waals surface area contributed by atoms with Gasteiger partial charge in [0, 0.05) is 16.7 Å². The summed E-state index contributed by atoms with van der Waals surface area (Å²) in [5.41, 5.74) is 3.05. The molecule has 0 saturated heterocycles. The fourth-order valence-corrected chi connectivity index (χ4v) is 2.99. The van der Waals surface area contributed by atoms with E-state index in [0.29, 0.717) is 5.88 Å². The van der Waals surface area contributed by atoms with Crippen LogP contribution in [-0.2, 0) is 12.4 Å². The van der Waals surface area contributed by atoms with Crippen LogP contribution in [0.15, 0.2) is 30.5 Å². The lowest BCUT2D eigenvalue weighted by Gasteiger charge is -2.24. The first-order chi connectivity index (χ1) is 10.1. The van der Waals surface area contributed by atoms with Crippen LogP contribution < -0.4 is 0 Å². The first kappa shape index (κ1) is 14.7. The van der Waals surface area contributed by atoms with Crippen LogP contribution in [0.5, 0.6) is 0 Å². The Hall–Kier alpha value is -1.26. The van der Waals surface area contributed by atoms with Crippen molar-refractivity contribution in [3.05, 3.63) is 36.3 Å². The summed E-state index contributed by atoms with van der Waals surface area (Å²) in [5.74, 6) is 1.32. The van der Waals surface area contributed by atoms with Crippen molar-refractivity contribution in [2.24, 2.45) is 0 Å². The minimum absolute atomic E-state index is 0.124. The van der Waals surface area contributed by atoms with Crippen molar-refractivity contribution in [3.63, 3.8) is 0 Å². The van der Waals surface area contributed by atoms with Crippen LogP contribution >= 0.6 is 23.4 Å². The highest BCUT2D eigenvalue weighted by Gasteiger charge is 2.21. The van der Waals surface area contributed by atoms with E-state index in [9.17, 15) is 0 Å². The molecule has 0 bridgehead atoms. The van der Waals surface area contributed by atoms with E-state index in [0.717, 1.165) is 34.3 Å². The zero-order valence-corrected chi connectivity index (χ0v) is 14.0. The molecule has 0 amide bonds. The highest BCUT2D eigenvalue weighted by atomic mass is 35.5. The molecule has 1 aromatic carbocycles. The summed E-state index contributed by atoms with van der Waals surface area (Å²) in [6, 6.07) is 8.19. The van der Waals surface area contributed by atoms with E-state index in [1.807, 2.05) is 36.2 Å². The Morgan fingerprint density at radius 2 is 2.00 bits per heavy atom. The van der Waals surface area contributed by atoms with Gasteiger partial charge in [-0.1, -0.05) is 18.2 Å². The molecular formula is C16H18ClN3S. The lowest BCUT2D eigenvalue weighted by molar-refractivity contribution is 0.567. The topological polar surface area (TPSA) is 30.7 Å². The molecule has 2 heterocycles. The Labute approximate surface area is 133 Å². The predicted octanol–water partition coefficient (Wildman–Crippen LogP) is 4.46. The molecule has 0 unspecified atom stereocenters. The van der Waals surface area contributed by atoms with E-state index in [2.05, 4.69) is 40.7 Å². The standard InChI is InChI=1S/C16H18ClN3S/c1-16(2,21-3)10-20-14(8-17)19-13-9-18-12-7-5-4-6-11(12)15(13)20/h4-7,9H,8,10H2,1-3H3. The summed E-state index contributed by atoms with van der Waals surface area (Å²) in [4.78, 5) is 9.15. The van der Waals surface area contributed by atoms with Crippen LogP contribution in [0.2, 0.25) is 0 Å². The molecule has 0 radical (unpaired) electrons. The van der Waals surface area contributed by atoms with Crippen molar-refractivity contribution in [1.82, 2.24) is 14.5 Å². The van der Waals surface area contributed by atoms with Crippen molar-refractivity contribution >= 4 is 45.3 Å². The lowest BCUT2D eigenvalue weighted by Crippen LogP contribution is -2.23. The number of imidazole rings is 1. The summed E-state index contributed by atoms with van der Waals surface area (Å²) in [6.07, 6.45) is 3.98. The smallest absolute Gasteiger partial charge is 0.124 e. The summed E-state index contributed by atoms with van der Waals surface area (Å²) >= 11 is 7.97. The number of pyridine rings is 1. The third-order valence-electron chi connectivity index (χ3n) is 3.77. The minimum Gasteiger partial charge on any atom is -0.325 e. The fraction of sp³-hybridized carbons (Fsp3) is 0.375. The number of aromatic nitrogens is 3. The number of halogens is 1. The third-order valence-corrected chi connectivity index (χ3v) is 5.24. The number of nitrogens with zero attached hydrogens (tertiary/aromatic N) is 3. The second-order valence-corrected chi connectivity index (χ2v) is 7.50. The third kappa shape index (κ3) is 2.62. The summed E-state index contributed by atoms with van der Waals surface area (Å²) in [5, 5.41) is 1.13. The molecule has 3 nitrogen and oxygen atoms in total. The molecule has 110 valence electrons. The van der Waals surface area contributed by atoms with Crippen LogP contribution in [0, 0.1) is 0 Å². The van der Waals surface area contributed by atoms with Crippen molar-refractivity contribution in [3.8, 4) is 0 Å². The number of hydrogen-bond donors (Lipinski definition) is 0. The minimum atomic E-state index is 0.124. The fourth-order valence-electron chi connectivity index (χ4n) is 2.53. The van der Waals surface area contributed by atoms with Crippen LogP contribution in [0.1, 0.15) is 19.7 Å². The average molecular weight is 320 g/mol. The first-order valence-electron chi connectivity index (χ1n) is 6.90. The molecule has 3 rings (SSSR count). The van der Waals surface area contributed by atoms with Gasteiger partial charge in [0.15, 0.2) is 0 Å². The van der Waals surface area contributed by atoms with Crippen molar-refractivity contribution in [2.75, 3.05) is 6.26 Å². The van der Waals surface area contributed by atoms with Gasteiger partial charge in [0.2, 0.25) is 0 Å². The lowest BCUT2D eigenvalue weighted by atomic mass is 10.1. The van der Waals surface area contributed by atoms with Gasteiger partial charge in [-0.25, -0.2) is 4.98 Å². The van der Waals surface area contributed by atoms with Crippen molar-refractivity contribution in [1.29, 1.82) is 0 Å². The number of fused-ring (bicyclic) bond motifs is 3. The highest BCUT2D eigenvalue weighted by molar-refractivity contribution is 7.99. The Morgan fingerprint density at radius 1 is 1.24 bits per heavy atom. The normalized spacial score (nSPS) is 12.4. The molecule has 5 heteroatoms. The number of para-hydroxylation sites is 1. The maximum atomic E-state index is 6.12. The zero-order chi connectivity index (χ0) is 15.0. The maximum absolute atomic E-state index is 6.12. The van der Waals surface area contributed by atoms with Gasteiger partial charge in [-0.15, -0.1) is 11.6 Å². The van der Waals surface area contributed by atoms with Crippen LogP contribution in [-0.4, -0.2) is 25.5 Å². The van der Waals surface area contributed by atoms with Crippen LogP contribution in [0.4, 0.5) is 0 Å². The first-order valence-corrected chi connectivity index (χ1v) is 8.65. The maximum Gasteiger partial charge on any atom is 0.124 e. The van der Waals surface area contributed by atoms with Gasteiger partial charge in [-0.3, -0.25) is 4.98 Å². The summed E-state index contributed by atoms with van der Waals surface area (Å²) in [7, 11) is 0. The molecule has 0 aliphatic carbocycles. The van der Waals surface area contributed by atoms with Crippen molar-refractivity contribution < 1.29 is 0 Å². The van der Waals surface area contributed by atoms with Crippen molar-refractivity contribution in [2.45, 2.75) is 31.0 Å². The van der Waals surface area contributed by atoms with Gasteiger partial charge >= 0.3 is 0 Å². The van der Waals surface area contributed by atoms with E-state index in [-0.39, 0.29) is 4.75 Å². The summed E-state index contributed by atoms with van der Waals surface area (Å²) in [6.45, 7) is 5.36. The highest BCUT2D eigenvalue weighted by Crippen LogP contribution is 2.30. The Morgan fingerprint density at radius 3 is 2.71 bits per heavy atom. The average Bonchev–Trinajstić information content (AvgIpc) is 2.85. The molecule has 0 aliphatic heterocycles. The van der Waals surface area contributed by atoms with E-state index < -0.39 is 0 Å². The van der Waals surface area contributed by atoms with E-state index in [4.69, 9.17) is 11.6 Å². The molecule has 0 fully saturated rings. The molecule has 2 aromatic heterocycles. The monoisotopic (exact) mass is 319 g/mol. The van der Waals surface area contributed by atoms with E-state index in [1.165, 1.54) is 0 Å². The zero-order valence-electron chi connectivity index (χ0n) is 12.4. The number of rotatable bonds is 4. The van der Waals surface area contributed by atoms with E-state index >= 15 is 0 Å². The molecular weight excluding hydrogens is 302 g/mol. The number of hydrogen-bond acceptors (Lipinski definition) is 3. The molecule has 0 atom stereocenters. The summed E-state index contributed by atoms with van der Waals surface area (Å²) < 4.78 is 2.38. The molecule has 0 saturated carbocycles. The molecule has 0 N–H and O–H groups in total. The Bertz CT molecular complexity index is 795. The second-order valence-electron chi connectivity index (χ2n) is 5.72. The van der Waals surface area contributed by atoms with Crippen LogP contribution in [0.3, 0.4) is 0 Å². The Kier molecular flexibility index (Phi) is 3.84.